The number of nitrogens with zero attached hydrogens (tertiary/aromatic N) is 4. The van der Waals surface area contributed by atoms with Crippen molar-refractivity contribution < 1.29 is 9.59 Å². The standard InChI is InChI=1S/C29H39ClN4O2/c1-32(2)28(35)24-14-15-25(31-27(24)30)34-19-16-21(17-20-34)9-8-18-33(3)29(36)26(23-12-7-13-23)22-10-5-4-6-11-22/h4-6,10-11,14-15,21,23,26H,7-9,12-13,16-20H2,1-3H3. The van der Waals surface area contributed by atoms with E-state index < -0.39 is 0 Å². The number of carbonyl (C=O) groups excluding carboxylic acids is 2. The molecule has 2 amide bonds. The first-order valence-corrected chi connectivity index (χ1v) is 13.7. The first kappa shape index (κ1) is 26.5. The van der Waals surface area contributed by atoms with Gasteiger partial charge < -0.3 is 14.7 Å². The molecule has 1 aromatic heterocycles. The summed E-state index contributed by atoms with van der Waals surface area (Å²) in [6.07, 6.45) is 7.93. The van der Waals surface area contributed by atoms with Gasteiger partial charge in [0.25, 0.3) is 5.91 Å². The predicted octanol–water partition coefficient (Wildman–Crippen LogP) is 5.48. The zero-order valence-corrected chi connectivity index (χ0v) is 22.6. The van der Waals surface area contributed by atoms with E-state index >= 15 is 0 Å². The summed E-state index contributed by atoms with van der Waals surface area (Å²) in [5.74, 6) is 2.13. The minimum atomic E-state index is -0.135. The van der Waals surface area contributed by atoms with Crippen LogP contribution in [0.1, 0.15) is 66.8 Å². The fourth-order valence-electron chi connectivity index (χ4n) is 5.47. The van der Waals surface area contributed by atoms with Crippen molar-refractivity contribution in [1.29, 1.82) is 0 Å². The summed E-state index contributed by atoms with van der Waals surface area (Å²) in [6.45, 7) is 2.68. The van der Waals surface area contributed by atoms with E-state index in [1.54, 1.807) is 20.2 Å². The Morgan fingerprint density at radius 1 is 1.03 bits per heavy atom. The number of pyridine rings is 1. The zero-order chi connectivity index (χ0) is 25.7. The van der Waals surface area contributed by atoms with Gasteiger partial charge >= 0.3 is 0 Å². The van der Waals surface area contributed by atoms with Gasteiger partial charge in [0.1, 0.15) is 11.0 Å². The van der Waals surface area contributed by atoms with Crippen LogP contribution in [0.2, 0.25) is 5.15 Å². The van der Waals surface area contributed by atoms with Crippen molar-refractivity contribution in [3.8, 4) is 0 Å². The monoisotopic (exact) mass is 510 g/mol. The molecule has 0 N–H and O–H groups in total. The van der Waals surface area contributed by atoms with E-state index in [0.29, 0.717) is 17.4 Å². The van der Waals surface area contributed by atoms with Gasteiger partial charge in [-0.3, -0.25) is 9.59 Å². The van der Waals surface area contributed by atoms with Crippen LogP contribution in [0.4, 0.5) is 5.82 Å². The molecule has 7 heteroatoms. The molecule has 0 radical (unpaired) electrons. The molecule has 194 valence electrons. The largest absolute Gasteiger partial charge is 0.357 e. The molecule has 2 fully saturated rings. The number of rotatable bonds is 9. The molecule has 1 saturated heterocycles. The molecule has 2 heterocycles. The van der Waals surface area contributed by atoms with Gasteiger partial charge in [-0.15, -0.1) is 0 Å². The fourth-order valence-corrected chi connectivity index (χ4v) is 5.70. The molecule has 1 saturated carbocycles. The second-order valence-corrected chi connectivity index (χ2v) is 11.0. The normalized spacial score (nSPS) is 17.4. The lowest BCUT2D eigenvalue weighted by atomic mass is 9.72. The maximum absolute atomic E-state index is 13.4. The number of hydrogen-bond donors (Lipinski definition) is 0. The zero-order valence-electron chi connectivity index (χ0n) is 21.8. The van der Waals surface area contributed by atoms with E-state index in [4.69, 9.17) is 11.6 Å². The topological polar surface area (TPSA) is 56.8 Å². The molecule has 1 aromatic carbocycles. The Labute approximate surface area is 220 Å². The van der Waals surface area contributed by atoms with Crippen molar-refractivity contribution in [3.05, 3.63) is 58.7 Å². The number of amides is 2. The molecule has 36 heavy (non-hydrogen) atoms. The third kappa shape index (κ3) is 6.20. The van der Waals surface area contributed by atoms with Gasteiger partial charge in [0.05, 0.1) is 11.5 Å². The molecule has 4 rings (SSSR count). The molecule has 0 spiro atoms. The molecule has 2 aromatic rings. The van der Waals surface area contributed by atoms with Gasteiger partial charge in [0.2, 0.25) is 5.91 Å². The van der Waals surface area contributed by atoms with Crippen LogP contribution in [0.15, 0.2) is 42.5 Å². The summed E-state index contributed by atoms with van der Waals surface area (Å²) in [7, 11) is 5.39. The quantitative estimate of drug-likeness (QED) is 0.419. The fraction of sp³-hybridized carbons (Fsp3) is 0.552. The van der Waals surface area contributed by atoms with Crippen LogP contribution in [0, 0.1) is 11.8 Å². The molecule has 2 aliphatic rings. The van der Waals surface area contributed by atoms with Crippen molar-refractivity contribution in [3.63, 3.8) is 0 Å². The highest BCUT2D eigenvalue weighted by Gasteiger charge is 2.35. The number of carbonyl (C=O) groups is 2. The van der Waals surface area contributed by atoms with E-state index in [9.17, 15) is 9.59 Å². The lowest BCUT2D eigenvalue weighted by Gasteiger charge is -2.36. The van der Waals surface area contributed by atoms with Crippen molar-refractivity contribution in [2.45, 2.75) is 50.9 Å². The maximum atomic E-state index is 13.4. The van der Waals surface area contributed by atoms with Gasteiger partial charge in [-0.05, 0) is 68.1 Å². The highest BCUT2D eigenvalue weighted by Crippen LogP contribution is 2.40. The Balaban J connectivity index is 1.24. The number of halogens is 1. The average Bonchev–Trinajstić information content (AvgIpc) is 2.86. The van der Waals surface area contributed by atoms with E-state index in [1.807, 2.05) is 36.2 Å². The molecular weight excluding hydrogens is 472 g/mol. The van der Waals surface area contributed by atoms with E-state index in [0.717, 1.165) is 64.0 Å². The molecule has 0 bridgehead atoms. The highest BCUT2D eigenvalue weighted by atomic mass is 35.5. The lowest BCUT2D eigenvalue weighted by Crippen LogP contribution is -2.38. The summed E-state index contributed by atoms with van der Waals surface area (Å²) in [5, 5.41) is 0.261. The van der Waals surface area contributed by atoms with Crippen molar-refractivity contribution >= 4 is 29.2 Å². The Bertz CT molecular complexity index is 1030. The molecule has 1 atom stereocenters. The third-order valence-electron chi connectivity index (χ3n) is 7.94. The van der Waals surface area contributed by atoms with Crippen molar-refractivity contribution in [2.24, 2.45) is 11.8 Å². The summed E-state index contributed by atoms with van der Waals surface area (Å²) in [4.78, 5) is 35.8. The number of hydrogen-bond acceptors (Lipinski definition) is 4. The number of benzene rings is 1. The van der Waals surface area contributed by atoms with E-state index in [-0.39, 0.29) is 22.9 Å². The van der Waals surface area contributed by atoms with Gasteiger partial charge in [-0.25, -0.2) is 4.98 Å². The lowest BCUT2D eigenvalue weighted by molar-refractivity contribution is -0.133. The molecular formula is C29H39ClN4O2. The van der Waals surface area contributed by atoms with Crippen LogP contribution in [0.3, 0.4) is 0 Å². The number of likely N-dealkylation sites (N-methyl/N-ethyl adjacent to an activating group) is 1. The first-order chi connectivity index (χ1) is 17.3. The van der Waals surface area contributed by atoms with Gasteiger partial charge in [-0.1, -0.05) is 48.4 Å². The highest BCUT2D eigenvalue weighted by molar-refractivity contribution is 6.32. The molecule has 1 aliphatic carbocycles. The van der Waals surface area contributed by atoms with Crippen molar-refractivity contribution in [1.82, 2.24) is 14.8 Å². The summed E-state index contributed by atoms with van der Waals surface area (Å²) in [6, 6.07) is 14.0. The smallest absolute Gasteiger partial charge is 0.256 e. The third-order valence-corrected chi connectivity index (χ3v) is 8.23. The first-order valence-electron chi connectivity index (χ1n) is 13.3. The summed E-state index contributed by atoms with van der Waals surface area (Å²) in [5.41, 5.74) is 1.60. The van der Waals surface area contributed by atoms with Crippen LogP contribution in [0.5, 0.6) is 0 Å². The Morgan fingerprint density at radius 2 is 1.72 bits per heavy atom. The van der Waals surface area contributed by atoms with E-state index in [2.05, 4.69) is 22.0 Å². The predicted molar refractivity (Wildman–Crippen MR) is 146 cm³/mol. The Hall–Kier alpha value is -2.60. The second-order valence-electron chi connectivity index (χ2n) is 10.6. The molecule has 1 aliphatic heterocycles. The number of aromatic nitrogens is 1. The van der Waals surface area contributed by atoms with Crippen LogP contribution < -0.4 is 4.90 Å². The van der Waals surface area contributed by atoms with E-state index in [1.165, 1.54) is 16.9 Å². The molecule has 6 nitrogen and oxygen atoms in total. The summed E-state index contributed by atoms with van der Waals surface area (Å²) < 4.78 is 0. The average molecular weight is 511 g/mol. The van der Waals surface area contributed by atoms with Crippen LogP contribution >= 0.6 is 11.6 Å². The number of anilines is 1. The summed E-state index contributed by atoms with van der Waals surface area (Å²) >= 11 is 6.32. The van der Waals surface area contributed by atoms with Crippen LogP contribution in [0.25, 0.3) is 0 Å². The van der Waals surface area contributed by atoms with Gasteiger partial charge in [0, 0.05) is 40.8 Å². The Morgan fingerprint density at radius 3 is 2.31 bits per heavy atom. The minimum Gasteiger partial charge on any atom is -0.357 e. The minimum absolute atomic E-state index is 0.00641. The maximum Gasteiger partial charge on any atom is 0.256 e. The molecule has 1 unspecified atom stereocenters. The van der Waals surface area contributed by atoms with Crippen LogP contribution in [-0.2, 0) is 4.79 Å². The van der Waals surface area contributed by atoms with Gasteiger partial charge in [-0.2, -0.15) is 0 Å². The number of piperidine rings is 1. The SMILES string of the molecule is CN(C)C(=O)c1ccc(N2CCC(CCCN(C)C(=O)C(c3ccccc3)C3CCC3)CC2)nc1Cl. The van der Waals surface area contributed by atoms with Crippen molar-refractivity contribution in [2.75, 3.05) is 45.7 Å². The van der Waals surface area contributed by atoms with Crippen LogP contribution in [-0.4, -0.2) is 67.4 Å². The second kappa shape index (κ2) is 12.1. The Kier molecular flexibility index (Phi) is 8.89. The van der Waals surface area contributed by atoms with Gasteiger partial charge in [0.15, 0.2) is 0 Å².